The van der Waals surface area contributed by atoms with Crippen molar-refractivity contribution in [1.29, 1.82) is 0 Å². The number of aromatic nitrogens is 2. The summed E-state index contributed by atoms with van der Waals surface area (Å²) in [5.74, 6) is 0.853. The molecule has 1 N–H and O–H groups in total. The number of anilines is 1. The van der Waals surface area contributed by atoms with Gasteiger partial charge in [-0.3, -0.25) is 4.68 Å². The van der Waals surface area contributed by atoms with Crippen molar-refractivity contribution in [3.63, 3.8) is 0 Å². The third kappa shape index (κ3) is 2.99. The molecule has 2 fully saturated rings. The molecule has 3 rings (SSSR count). The second-order valence-electron chi connectivity index (χ2n) is 6.35. The van der Waals surface area contributed by atoms with E-state index < -0.39 is 0 Å². The molecule has 2 aliphatic rings. The first-order valence-corrected chi connectivity index (χ1v) is 7.73. The topological polar surface area (TPSA) is 42.3 Å². The second kappa shape index (κ2) is 5.74. The number of nitrogens with one attached hydrogen (secondary N) is 1. The summed E-state index contributed by atoms with van der Waals surface area (Å²) < 4.78 is 7.09. The molecule has 0 aromatic carbocycles. The molecule has 112 valence electrons. The van der Waals surface area contributed by atoms with Crippen LogP contribution < -0.4 is 10.2 Å². The maximum absolute atomic E-state index is 5.11. The Morgan fingerprint density at radius 2 is 2.35 bits per heavy atom. The summed E-state index contributed by atoms with van der Waals surface area (Å²) in [7, 11) is 1.73. The summed E-state index contributed by atoms with van der Waals surface area (Å²) in [6.07, 6.45) is 8.10. The molecule has 1 aromatic rings. The normalized spacial score (nSPS) is 27.6. The number of ether oxygens (including phenoxy) is 1. The van der Waals surface area contributed by atoms with Crippen LogP contribution in [0, 0.1) is 5.92 Å². The van der Waals surface area contributed by atoms with Crippen molar-refractivity contribution in [3.05, 3.63) is 12.4 Å². The van der Waals surface area contributed by atoms with Gasteiger partial charge in [0.15, 0.2) is 0 Å². The van der Waals surface area contributed by atoms with E-state index in [1.54, 1.807) is 7.11 Å². The number of methoxy groups -OCH3 is 1. The Hall–Kier alpha value is -1.07. The molecule has 1 unspecified atom stereocenters. The average Bonchev–Trinajstić information content (AvgIpc) is 3.22. The van der Waals surface area contributed by atoms with Crippen molar-refractivity contribution in [1.82, 2.24) is 15.1 Å². The smallest absolute Gasteiger partial charge is 0.0753 e. The van der Waals surface area contributed by atoms with Crippen molar-refractivity contribution >= 4 is 5.69 Å². The van der Waals surface area contributed by atoms with Gasteiger partial charge in [-0.2, -0.15) is 5.10 Å². The van der Waals surface area contributed by atoms with Crippen LogP contribution in [0.4, 0.5) is 5.69 Å². The van der Waals surface area contributed by atoms with E-state index >= 15 is 0 Å². The predicted octanol–water partition coefficient (Wildman–Crippen LogP) is 1.50. The number of hydrogen-bond donors (Lipinski definition) is 1. The molecule has 0 radical (unpaired) electrons. The van der Waals surface area contributed by atoms with E-state index in [9.17, 15) is 0 Å². The lowest BCUT2D eigenvalue weighted by atomic mass is 9.95. The van der Waals surface area contributed by atoms with Gasteiger partial charge in [-0.15, -0.1) is 0 Å². The van der Waals surface area contributed by atoms with Crippen molar-refractivity contribution in [2.45, 2.75) is 38.3 Å². The van der Waals surface area contributed by atoms with Crippen molar-refractivity contribution in [2.24, 2.45) is 5.92 Å². The van der Waals surface area contributed by atoms with Crippen LogP contribution in [0.3, 0.4) is 0 Å². The summed E-state index contributed by atoms with van der Waals surface area (Å²) in [6.45, 7) is 7.25. The van der Waals surface area contributed by atoms with Gasteiger partial charge in [-0.25, -0.2) is 0 Å². The van der Waals surface area contributed by atoms with Crippen LogP contribution in [0.5, 0.6) is 0 Å². The highest BCUT2D eigenvalue weighted by Crippen LogP contribution is 2.41. The minimum Gasteiger partial charge on any atom is -0.383 e. The molecule has 0 bridgehead atoms. The van der Waals surface area contributed by atoms with Crippen LogP contribution in [0.15, 0.2) is 12.4 Å². The lowest BCUT2D eigenvalue weighted by molar-refractivity contribution is 0.183. The van der Waals surface area contributed by atoms with Gasteiger partial charge in [0.2, 0.25) is 0 Å². The minimum absolute atomic E-state index is 0.269. The molecule has 1 saturated heterocycles. The highest BCUT2D eigenvalue weighted by atomic mass is 16.5. The number of hydrogen-bond acceptors (Lipinski definition) is 4. The van der Waals surface area contributed by atoms with Gasteiger partial charge < -0.3 is 15.0 Å². The maximum Gasteiger partial charge on any atom is 0.0753 e. The van der Waals surface area contributed by atoms with Gasteiger partial charge in [-0.1, -0.05) is 0 Å². The quantitative estimate of drug-likeness (QED) is 0.886. The zero-order valence-corrected chi connectivity index (χ0v) is 12.6. The third-order valence-electron chi connectivity index (χ3n) is 4.64. The Kier molecular flexibility index (Phi) is 3.98. The lowest BCUT2D eigenvalue weighted by Gasteiger charge is -2.34. The minimum atomic E-state index is 0.269. The summed E-state index contributed by atoms with van der Waals surface area (Å²) >= 11 is 0. The van der Waals surface area contributed by atoms with Crippen LogP contribution in [0.2, 0.25) is 0 Å². The molecular formula is C15H26N4O. The molecule has 1 aliphatic carbocycles. The van der Waals surface area contributed by atoms with Gasteiger partial charge in [0.25, 0.3) is 0 Å². The van der Waals surface area contributed by atoms with Gasteiger partial charge in [-0.05, 0) is 38.6 Å². The maximum atomic E-state index is 5.11. The van der Waals surface area contributed by atoms with E-state index in [1.807, 2.05) is 10.9 Å². The van der Waals surface area contributed by atoms with Crippen LogP contribution in [-0.4, -0.2) is 48.7 Å². The van der Waals surface area contributed by atoms with Gasteiger partial charge in [0.1, 0.15) is 0 Å². The Morgan fingerprint density at radius 3 is 3.10 bits per heavy atom. The largest absolute Gasteiger partial charge is 0.383 e. The van der Waals surface area contributed by atoms with E-state index in [0.29, 0.717) is 6.61 Å². The lowest BCUT2D eigenvalue weighted by Crippen LogP contribution is -2.51. The predicted molar refractivity (Wildman–Crippen MR) is 80.1 cm³/mol. The molecule has 1 aliphatic heterocycles. The first-order valence-electron chi connectivity index (χ1n) is 7.73. The first kappa shape index (κ1) is 13.9. The summed E-state index contributed by atoms with van der Waals surface area (Å²) in [4.78, 5) is 2.49. The Balaban J connectivity index is 1.69. The third-order valence-corrected chi connectivity index (χ3v) is 4.64. The molecule has 1 aromatic heterocycles. The average molecular weight is 278 g/mol. The summed E-state index contributed by atoms with van der Waals surface area (Å²) in [5, 5.41) is 8.21. The standard InChI is InChI=1S/C15H26N4O/c1-15(13-4-5-13)12-18(7-3-6-16-15)14-10-17-19(11-14)8-9-20-2/h10-11,13,16H,3-9,12H2,1-2H3. The van der Waals surface area contributed by atoms with Crippen LogP contribution in [-0.2, 0) is 11.3 Å². The van der Waals surface area contributed by atoms with Crippen LogP contribution >= 0.6 is 0 Å². The molecule has 1 atom stereocenters. The van der Waals surface area contributed by atoms with E-state index in [1.165, 1.54) is 24.9 Å². The molecule has 0 amide bonds. The van der Waals surface area contributed by atoms with Gasteiger partial charge >= 0.3 is 0 Å². The van der Waals surface area contributed by atoms with Crippen molar-refractivity contribution in [3.8, 4) is 0 Å². The van der Waals surface area contributed by atoms with E-state index in [4.69, 9.17) is 4.74 Å². The van der Waals surface area contributed by atoms with E-state index in [2.05, 4.69) is 28.4 Å². The zero-order valence-electron chi connectivity index (χ0n) is 12.6. The zero-order chi connectivity index (χ0) is 14.0. The fourth-order valence-electron chi connectivity index (χ4n) is 3.21. The highest BCUT2D eigenvalue weighted by Gasteiger charge is 2.43. The highest BCUT2D eigenvalue weighted by molar-refractivity contribution is 5.43. The molecule has 20 heavy (non-hydrogen) atoms. The molecule has 1 saturated carbocycles. The number of nitrogens with zero attached hydrogens (tertiary/aromatic N) is 3. The van der Waals surface area contributed by atoms with Gasteiger partial charge in [0, 0.05) is 31.9 Å². The van der Waals surface area contributed by atoms with Crippen molar-refractivity contribution in [2.75, 3.05) is 38.3 Å². The fourth-order valence-corrected chi connectivity index (χ4v) is 3.21. The molecule has 5 nitrogen and oxygen atoms in total. The Bertz CT molecular complexity index is 443. The van der Waals surface area contributed by atoms with Crippen LogP contribution in [0.25, 0.3) is 0 Å². The Morgan fingerprint density at radius 1 is 1.50 bits per heavy atom. The van der Waals surface area contributed by atoms with Crippen molar-refractivity contribution < 1.29 is 4.74 Å². The summed E-state index contributed by atoms with van der Waals surface area (Å²) in [6, 6.07) is 0. The molecular weight excluding hydrogens is 252 g/mol. The van der Waals surface area contributed by atoms with E-state index in [-0.39, 0.29) is 5.54 Å². The molecule has 0 spiro atoms. The fraction of sp³-hybridized carbons (Fsp3) is 0.800. The monoisotopic (exact) mass is 278 g/mol. The van der Waals surface area contributed by atoms with E-state index in [0.717, 1.165) is 32.1 Å². The number of rotatable bonds is 5. The van der Waals surface area contributed by atoms with Gasteiger partial charge in [0.05, 0.1) is 25.0 Å². The van der Waals surface area contributed by atoms with Crippen LogP contribution in [0.1, 0.15) is 26.2 Å². The molecule has 2 heterocycles. The second-order valence-corrected chi connectivity index (χ2v) is 6.35. The first-order chi connectivity index (χ1) is 9.71. The summed E-state index contributed by atoms with van der Waals surface area (Å²) in [5.41, 5.74) is 1.52. The molecule has 5 heteroatoms. The Labute approximate surface area is 121 Å². The SMILES string of the molecule is COCCn1cc(N2CCCNC(C)(C3CC3)C2)cn1.